The Morgan fingerprint density at radius 1 is 1.03 bits per heavy atom. The highest BCUT2D eigenvalue weighted by Gasteiger charge is 2.39. The zero-order chi connectivity index (χ0) is 26.6. The number of hydrogen-bond acceptors (Lipinski definition) is 5. The summed E-state index contributed by atoms with van der Waals surface area (Å²) >= 11 is 0. The first-order valence-electron chi connectivity index (χ1n) is 12.2. The number of carbonyl (C=O) groups excluding carboxylic acids is 3. The summed E-state index contributed by atoms with van der Waals surface area (Å²) in [5.41, 5.74) is -0.902. The lowest BCUT2D eigenvalue weighted by atomic mass is 9.76. The van der Waals surface area contributed by atoms with Crippen molar-refractivity contribution in [2.75, 3.05) is 6.54 Å². The van der Waals surface area contributed by atoms with E-state index in [9.17, 15) is 27.6 Å². The maximum atomic E-state index is 13.5. The predicted molar refractivity (Wildman–Crippen MR) is 128 cm³/mol. The molecule has 1 aliphatic carbocycles. The van der Waals surface area contributed by atoms with E-state index in [1.165, 1.54) is 17.1 Å². The summed E-state index contributed by atoms with van der Waals surface area (Å²) in [6.07, 6.45) is 2.13. The molecule has 1 fully saturated rings. The Labute approximate surface area is 211 Å². The van der Waals surface area contributed by atoms with Crippen LogP contribution in [-0.2, 0) is 18.0 Å². The van der Waals surface area contributed by atoms with Crippen molar-refractivity contribution in [1.29, 1.82) is 0 Å². The first kappa shape index (κ1) is 26.3. The molecule has 0 spiro atoms. The van der Waals surface area contributed by atoms with Gasteiger partial charge in [0.25, 0.3) is 5.91 Å². The third kappa shape index (κ3) is 6.33. The van der Waals surface area contributed by atoms with Crippen molar-refractivity contribution in [3.8, 4) is 5.69 Å². The van der Waals surface area contributed by atoms with Gasteiger partial charge in [0.2, 0.25) is 0 Å². The van der Waals surface area contributed by atoms with Crippen molar-refractivity contribution in [1.82, 2.24) is 24.9 Å². The molecular weight excluding hydrogens is 487 g/mol. The normalized spacial score (nSPS) is 17.9. The Hall–Kier alpha value is -3.76. The number of aromatic nitrogens is 4. The molecule has 0 bridgehead atoms. The van der Waals surface area contributed by atoms with Gasteiger partial charge < -0.3 is 5.32 Å². The van der Waals surface area contributed by atoms with E-state index >= 15 is 0 Å². The summed E-state index contributed by atoms with van der Waals surface area (Å²) in [5.74, 6) is -0.958. The lowest BCUT2D eigenvalue weighted by Crippen LogP contribution is -2.28. The van der Waals surface area contributed by atoms with Crippen LogP contribution >= 0.6 is 0 Å². The van der Waals surface area contributed by atoms with Crippen LogP contribution in [0.25, 0.3) is 5.69 Å². The molecule has 0 saturated heterocycles. The molecule has 11 heteroatoms. The third-order valence-corrected chi connectivity index (χ3v) is 6.68. The highest BCUT2D eigenvalue weighted by molar-refractivity contribution is 5.98. The van der Waals surface area contributed by atoms with Crippen molar-refractivity contribution >= 4 is 17.5 Å². The van der Waals surface area contributed by atoms with Crippen LogP contribution in [0.15, 0.2) is 48.9 Å². The highest BCUT2D eigenvalue weighted by atomic mass is 19.4. The summed E-state index contributed by atoms with van der Waals surface area (Å²) in [7, 11) is 1.61. The van der Waals surface area contributed by atoms with Gasteiger partial charge in [-0.1, -0.05) is 30.3 Å². The highest BCUT2D eigenvalue weighted by Crippen LogP contribution is 2.33. The standard InChI is InChI=1S/C26H28F3N5O3/c1-33-15-20(14-31-33)34-16-21(24(32-34)26(27,28)29)25(37)30-13-5-8-22(35)17-9-11-19(12-10-17)23(36)18-6-3-2-4-7-18/h2-4,6-7,14-17,19H,5,8-13H2,1H3,(H,30,37). The molecular formula is C26H28F3N5O3. The van der Waals surface area contributed by atoms with Crippen molar-refractivity contribution in [3.63, 3.8) is 0 Å². The second kappa shape index (κ2) is 11.1. The number of ketones is 2. The van der Waals surface area contributed by atoms with Gasteiger partial charge in [-0.25, -0.2) is 4.68 Å². The van der Waals surface area contributed by atoms with E-state index in [-0.39, 0.29) is 42.1 Å². The number of alkyl halides is 3. The number of rotatable bonds is 9. The predicted octanol–water partition coefficient (Wildman–Crippen LogP) is 4.39. The zero-order valence-corrected chi connectivity index (χ0v) is 20.4. The minimum Gasteiger partial charge on any atom is -0.352 e. The Balaban J connectivity index is 1.25. The Morgan fingerprint density at radius 2 is 1.70 bits per heavy atom. The minimum absolute atomic E-state index is 0.0558. The van der Waals surface area contributed by atoms with E-state index in [0.29, 0.717) is 37.7 Å². The largest absolute Gasteiger partial charge is 0.435 e. The lowest BCUT2D eigenvalue weighted by Gasteiger charge is -2.26. The van der Waals surface area contributed by atoms with Gasteiger partial charge in [-0.3, -0.25) is 19.1 Å². The summed E-state index contributed by atoms with van der Waals surface area (Å²) in [6.45, 7) is 0.0573. The zero-order valence-electron chi connectivity index (χ0n) is 20.4. The van der Waals surface area contributed by atoms with Gasteiger partial charge in [0.05, 0.1) is 18.0 Å². The van der Waals surface area contributed by atoms with Crippen molar-refractivity contribution in [2.45, 2.75) is 44.7 Å². The minimum atomic E-state index is -4.81. The number of halogens is 3. The molecule has 196 valence electrons. The van der Waals surface area contributed by atoms with Crippen LogP contribution in [0.4, 0.5) is 13.2 Å². The third-order valence-electron chi connectivity index (χ3n) is 6.68. The number of Topliss-reactive ketones (excluding diaryl/α,β-unsaturated/α-hetero) is 2. The molecule has 0 aliphatic heterocycles. The van der Waals surface area contributed by atoms with Crippen LogP contribution < -0.4 is 5.32 Å². The van der Waals surface area contributed by atoms with Gasteiger partial charge in [0.15, 0.2) is 11.5 Å². The molecule has 37 heavy (non-hydrogen) atoms. The smallest absolute Gasteiger partial charge is 0.352 e. The first-order chi connectivity index (χ1) is 17.6. The van der Waals surface area contributed by atoms with E-state index in [0.717, 1.165) is 10.9 Å². The SMILES string of the molecule is Cn1cc(-n2cc(C(=O)NCCCC(=O)C3CCC(C(=O)c4ccccc4)CC3)c(C(F)(F)F)n2)cn1. The number of nitrogens with one attached hydrogen (secondary N) is 1. The number of nitrogens with zero attached hydrogens (tertiary/aromatic N) is 4. The molecule has 2 aromatic heterocycles. The summed E-state index contributed by atoms with van der Waals surface area (Å²) < 4.78 is 42.8. The fourth-order valence-corrected chi connectivity index (χ4v) is 4.69. The average Bonchev–Trinajstić information content (AvgIpc) is 3.53. The van der Waals surface area contributed by atoms with Crippen molar-refractivity contribution < 1.29 is 27.6 Å². The van der Waals surface area contributed by atoms with Gasteiger partial charge in [-0.05, 0) is 32.1 Å². The molecule has 0 unspecified atom stereocenters. The molecule has 8 nitrogen and oxygen atoms in total. The fraction of sp³-hybridized carbons (Fsp3) is 0.423. The molecule has 1 aliphatic rings. The molecule has 0 atom stereocenters. The Bertz CT molecular complexity index is 1260. The first-order valence-corrected chi connectivity index (χ1v) is 12.2. The summed E-state index contributed by atoms with van der Waals surface area (Å²) in [4.78, 5) is 37.8. The van der Waals surface area contributed by atoms with Gasteiger partial charge in [0.1, 0.15) is 11.5 Å². The van der Waals surface area contributed by atoms with Gasteiger partial charge in [-0.2, -0.15) is 23.4 Å². The molecule has 2 heterocycles. The molecule has 4 rings (SSSR count). The second-order valence-electron chi connectivity index (χ2n) is 9.31. The number of amides is 1. The summed E-state index contributed by atoms with van der Waals surface area (Å²) in [5, 5.41) is 9.92. The number of aryl methyl sites for hydroxylation is 1. The lowest BCUT2D eigenvalue weighted by molar-refractivity contribution is -0.141. The topological polar surface area (TPSA) is 98.9 Å². The number of hydrogen-bond donors (Lipinski definition) is 1. The van der Waals surface area contributed by atoms with Crippen molar-refractivity contribution in [3.05, 3.63) is 65.7 Å². The van der Waals surface area contributed by atoms with E-state index in [1.54, 1.807) is 19.2 Å². The average molecular weight is 516 g/mol. The van der Waals surface area contributed by atoms with Crippen LogP contribution in [0.5, 0.6) is 0 Å². The van der Waals surface area contributed by atoms with Crippen LogP contribution in [0.2, 0.25) is 0 Å². The van der Waals surface area contributed by atoms with E-state index in [1.807, 2.05) is 18.2 Å². The maximum Gasteiger partial charge on any atom is 0.435 e. The quantitative estimate of drug-likeness (QED) is 0.337. The molecule has 0 radical (unpaired) electrons. The molecule has 1 aromatic carbocycles. The number of carbonyl (C=O) groups is 3. The van der Waals surface area contributed by atoms with Gasteiger partial charge in [-0.15, -0.1) is 0 Å². The van der Waals surface area contributed by atoms with E-state index < -0.39 is 23.3 Å². The van der Waals surface area contributed by atoms with Gasteiger partial charge in [0, 0.05) is 43.6 Å². The van der Waals surface area contributed by atoms with Gasteiger partial charge >= 0.3 is 6.18 Å². The van der Waals surface area contributed by atoms with Crippen LogP contribution in [-0.4, -0.2) is 43.6 Å². The molecule has 1 saturated carbocycles. The van der Waals surface area contributed by atoms with Crippen molar-refractivity contribution in [2.24, 2.45) is 18.9 Å². The van der Waals surface area contributed by atoms with E-state index in [2.05, 4.69) is 15.5 Å². The summed E-state index contributed by atoms with van der Waals surface area (Å²) in [6, 6.07) is 9.13. The fourth-order valence-electron chi connectivity index (χ4n) is 4.69. The van der Waals surface area contributed by atoms with Crippen LogP contribution in [0.1, 0.15) is 64.9 Å². The van der Waals surface area contributed by atoms with E-state index in [4.69, 9.17) is 0 Å². The second-order valence-corrected chi connectivity index (χ2v) is 9.31. The maximum absolute atomic E-state index is 13.5. The monoisotopic (exact) mass is 515 g/mol. The Kier molecular flexibility index (Phi) is 7.89. The molecule has 3 aromatic rings. The molecule has 1 amide bonds. The number of benzene rings is 1. The van der Waals surface area contributed by atoms with Crippen LogP contribution in [0.3, 0.4) is 0 Å². The van der Waals surface area contributed by atoms with Crippen LogP contribution in [0, 0.1) is 11.8 Å². The Morgan fingerprint density at radius 3 is 2.32 bits per heavy atom. The molecule has 1 N–H and O–H groups in total.